The molecule has 1 aromatic carbocycles. The van der Waals surface area contributed by atoms with Gasteiger partial charge in [-0.15, -0.1) is 0 Å². The highest BCUT2D eigenvalue weighted by Gasteiger charge is 2.17. The minimum atomic E-state index is 0.663. The zero-order valence-corrected chi connectivity index (χ0v) is 11.1. The molecule has 0 aromatic heterocycles. The topological polar surface area (TPSA) is 12.0 Å². The van der Waals surface area contributed by atoms with Gasteiger partial charge < -0.3 is 5.32 Å². The van der Waals surface area contributed by atoms with Crippen molar-refractivity contribution in [3.05, 3.63) is 32.7 Å². The summed E-state index contributed by atoms with van der Waals surface area (Å²) in [7, 11) is 0. The summed E-state index contributed by atoms with van der Waals surface area (Å²) in [6, 6.07) is 6.40. The van der Waals surface area contributed by atoms with Crippen LogP contribution in [0.4, 0.5) is 0 Å². The first-order valence-electron chi connectivity index (χ1n) is 4.93. The van der Waals surface area contributed by atoms with Crippen LogP contribution in [-0.4, -0.2) is 13.1 Å². The Kier molecular flexibility index (Phi) is 3.63. The Morgan fingerprint density at radius 3 is 2.86 bits per heavy atom. The fourth-order valence-electron chi connectivity index (χ4n) is 1.95. The summed E-state index contributed by atoms with van der Waals surface area (Å²) in [6.07, 6.45) is 2.58. The van der Waals surface area contributed by atoms with E-state index in [9.17, 15) is 0 Å². The molecule has 1 unspecified atom stereocenters. The second kappa shape index (κ2) is 4.77. The molecule has 3 heteroatoms. The zero-order valence-electron chi connectivity index (χ0n) is 7.89. The number of nitrogens with one attached hydrogen (secondary N) is 1. The van der Waals surface area contributed by atoms with Crippen LogP contribution < -0.4 is 5.32 Å². The number of hydrogen-bond donors (Lipinski definition) is 1. The predicted octanol–water partition coefficient (Wildman–Crippen LogP) is 3.68. The van der Waals surface area contributed by atoms with E-state index in [0.29, 0.717) is 5.92 Å². The van der Waals surface area contributed by atoms with Crippen molar-refractivity contribution in [1.82, 2.24) is 5.32 Å². The van der Waals surface area contributed by atoms with Gasteiger partial charge in [-0.2, -0.15) is 0 Å². The fourth-order valence-corrected chi connectivity index (χ4v) is 2.92. The van der Waals surface area contributed by atoms with Crippen LogP contribution in [-0.2, 0) is 0 Å². The van der Waals surface area contributed by atoms with Crippen molar-refractivity contribution in [2.45, 2.75) is 18.8 Å². The van der Waals surface area contributed by atoms with Gasteiger partial charge in [0.2, 0.25) is 0 Å². The molecule has 0 spiro atoms. The first-order valence-corrected chi connectivity index (χ1v) is 6.52. The first kappa shape index (κ1) is 10.7. The van der Waals surface area contributed by atoms with E-state index in [1.54, 1.807) is 0 Å². The predicted molar refractivity (Wildman–Crippen MR) is 66.7 cm³/mol. The van der Waals surface area contributed by atoms with Crippen molar-refractivity contribution < 1.29 is 0 Å². The molecule has 0 saturated carbocycles. The van der Waals surface area contributed by atoms with Crippen LogP contribution in [0, 0.1) is 0 Å². The van der Waals surface area contributed by atoms with Crippen molar-refractivity contribution in [2.75, 3.05) is 13.1 Å². The van der Waals surface area contributed by atoms with Gasteiger partial charge in [-0.3, -0.25) is 0 Å². The third kappa shape index (κ3) is 2.20. The van der Waals surface area contributed by atoms with Crippen LogP contribution in [0.2, 0.25) is 0 Å². The highest BCUT2D eigenvalue weighted by molar-refractivity contribution is 9.13. The molecular weight excluding hydrogens is 306 g/mol. The normalized spacial score (nSPS) is 22.3. The van der Waals surface area contributed by atoms with Crippen LogP contribution in [0.25, 0.3) is 0 Å². The highest BCUT2D eigenvalue weighted by atomic mass is 79.9. The van der Waals surface area contributed by atoms with Crippen LogP contribution in [0.3, 0.4) is 0 Å². The van der Waals surface area contributed by atoms with E-state index in [1.807, 2.05) is 0 Å². The lowest BCUT2D eigenvalue weighted by atomic mass is 9.92. The van der Waals surface area contributed by atoms with E-state index in [-0.39, 0.29) is 0 Å². The molecule has 14 heavy (non-hydrogen) atoms. The van der Waals surface area contributed by atoms with Crippen LogP contribution >= 0.6 is 31.9 Å². The van der Waals surface area contributed by atoms with Crippen molar-refractivity contribution in [2.24, 2.45) is 0 Å². The second-order valence-corrected chi connectivity index (χ2v) is 5.33. The lowest BCUT2D eigenvalue weighted by Gasteiger charge is -2.24. The summed E-state index contributed by atoms with van der Waals surface area (Å²) in [5, 5.41) is 3.44. The molecule has 2 rings (SSSR count). The highest BCUT2D eigenvalue weighted by Crippen LogP contribution is 2.34. The van der Waals surface area contributed by atoms with E-state index < -0.39 is 0 Å². The number of benzene rings is 1. The van der Waals surface area contributed by atoms with Crippen LogP contribution in [0.5, 0.6) is 0 Å². The molecule has 1 nitrogen and oxygen atoms in total. The monoisotopic (exact) mass is 317 g/mol. The molecule has 0 amide bonds. The van der Waals surface area contributed by atoms with E-state index in [0.717, 1.165) is 11.0 Å². The van der Waals surface area contributed by atoms with Gasteiger partial charge >= 0.3 is 0 Å². The smallest absolute Gasteiger partial charge is 0.0352 e. The lowest BCUT2D eigenvalue weighted by molar-refractivity contribution is 0.460. The fraction of sp³-hybridized carbons (Fsp3) is 0.455. The molecule has 1 aliphatic rings. The Balaban J connectivity index is 2.26. The van der Waals surface area contributed by atoms with E-state index >= 15 is 0 Å². The molecule has 1 saturated heterocycles. The summed E-state index contributed by atoms with van der Waals surface area (Å²) >= 11 is 7.19. The van der Waals surface area contributed by atoms with Gasteiger partial charge in [0, 0.05) is 15.5 Å². The van der Waals surface area contributed by atoms with Gasteiger partial charge in [-0.1, -0.05) is 12.1 Å². The Bertz CT molecular complexity index is 319. The Morgan fingerprint density at radius 2 is 2.14 bits per heavy atom. The lowest BCUT2D eigenvalue weighted by Crippen LogP contribution is -2.28. The molecule has 0 radical (unpaired) electrons. The minimum absolute atomic E-state index is 0.663. The Hall–Kier alpha value is 0.140. The SMILES string of the molecule is Brc1cccc(C2CCCNC2)c1Br. The molecule has 0 aliphatic carbocycles. The molecule has 76 valence electrons. The third-order valence-corrected chi connectivity index (χ3v) is 4.80. The molecule has 1 aliphatic heterocycles. The van der Waals surface area contributed by atoms with Crippen molar-refractivity contribution in [1.29, 1.82) is 0 Å². The summed E-state index contributed by atoms with van der Waals surface area (Å²) in [4.78, 5) is 0. The molecule has 1 fully saturated rings. The minimum Gasteiger partial charge on any atom is -0.316 e. The summed E-state index contributed by atoms with van der Waals surface area (Å²) in [5.41, 5.74) is 1.42. The molecular formula is C11H13Br2N. The molecule has 1 atom stereocenters. The standard InChI is InChI=1S/C11H13Br2N/c12-10-5-1-4-9(11(10)13)8-3-2-6-14-7-8/h1,4-5,8,14H,2-3,6-7H2. The number of halogens is 2. The molecule has 1 aromatic rings. The quantitative estimate of drug-likeness (QED) is 0.833. The zero-order chi connectivity index (χ0) is 9.97. The maximum Gasteiger partial charge on any atom is 0.0352 e. The van der Waals surface area contributed by atoms with E-state index in [4.69, 9.17) is 0 Å². The van der Waals surface area contributed by atoms with Crippen molar-refractivity contribution in [3.8, 4) is 0 Å². The molecule has 1 heterocycles. The third-order valence-electron chi connectivity index (χ3n) is 2.72. The van der Waals surface area contributed by atoms with Crippen molar-refractivity contribution in [3.63, 3.8) is 0 Å². The van der Waals surface area contributed by atoms with E-state index in [2.05, 4.69) is 55.4 Å². The van der Waals surface area contributed by atoms with E-state index in [1.165, 1.54) is 29.4 Å². The van der Waals surface area contributed by atoms with Gasteiger partial charge in [0.05, 0.1) is 0 Å². The van der Waals surface area contributed by atoms with Gasteiger partial charge in [0.15, 0.2) is 0 Å². The first-order chi connectivity index (χ1) is 6.79. The average molecular weight is 319 g/mol. The van der Waals surface area contributed by atoms with Gasteiger partial charge in [0.25, 0.3) is 0 Å². The number of piperidine rings is 1. The Morgan fingerprint density at radius 1 is 1.29 bits per heavy atom. The Labute approximate surface area is 102 Å². The molecule has 0 bridgehead atoms. The largest absolute Gasteiger partial charge is 0.316 e. The van der Waals surface area contributed by atoms with Crippen molar-refractivity contribution >= 4 is 31.9 Å². The summed E-state index contributed by atoms with van der Waals surface area (Å²) < 4.78 is 2.37. The molecule has 1 N–H and O–H groups in total. The van der Waals surface area contributed by atoms with Gasteiger partial charge in [0.1, 0.15) is 0 Å². The van der Waals surface area contributed by atoms with Gasteiger partial charge in [-0.25, -0.2) is 0 Å². The summed E-state index contributed by atoms with van der Waals surface area (Å²) in [6.45, 7) is 2.27. The number of hydrogen-bond acceptors (Lipinski definition) is 1. The second-order valence-electron chi connectivity index (χ2n) is 3.69. The van der Waals surface area contributed by atoms with Gasteiger partial charge in [-0.05, 0) is 68.8 Å². The van der Waals surface area contributed by atoms with Crippen LogP contribution in [0.15, 0.2) is 27.1 Å². The average Bonchev–Trinajstić information content (AvgIpc) is 2.23. The summed E-state index contributed by atoms with van der Waals surface area (Å²) in [5.74, 6) is 0.663. The maximum atomic E-state index is 3.64. The van der Waals surface area contributed by atoms with Crippen LogP contribution in [0.1, 0.15) is 24.3 Å². The maximum absolute atomic E-state index is 3.64. The number of rotatable bonds is 1.